The molecule has 0 unspecified atom stereocenters. The lowest BCUT2D eigenvalue weighted by Gasteiger charge is -2.52. The highest BCUT2D eigenvalue weighted by molar-refractivity contribution is 7.08. The van der Waals surface area contributed by atoms with Gasteiger partial charge in [-0.2, -0.15) is 11.3 Å². The average molecular weight is 371 g/mol. The zero-order valence-corrected chi connectivity index (χ0v) is 15.4. The molecule has 4 heterocycles. The van der Waals surface area contributed by atoms with Crippen molar-refractivity contribution < 1.29 is 14.3 Å². The third kappa shape index (κ3) is 2.91. The number of likely N-dealkylation sites (tertiary alicyclic amines) is 2. The maximum Gasteiger partial charge on any atom is 0.255 e. The lowest BCUT2D eigenvalue weighted by Crippen LogP contribution is -2.64. The van der Waals surface area contributed by atoms with Gasteiger partial charge in [-0.15, -0.1) is 0 Å². The molecule has 0 aromatic carbocycles. The predicted molar refractivity (Wildman–Crippen MR) is 97.9 cm³/mol. The van der Waals surface area contributed by atoms with Crippen molar-refractivity contribution in [1.82, 2.24) is 14.8 Å². The molecule has 26 heavy (non-hydrogen) atoms. The van der Waals surface area contributed by atoms with Gasteiger partial charge in [-0.25, -0.2) is 0 Å². The van der Waals surface area contributed by atoms with Crippen molar-refractivity contribution in [2.75, 3.05) is 20.2 Å². The van der Waals surface area contributed by atoms with Crippen molar-refractivity contribution in [3.8, 4) is 0 Å². The van der Waals surface area contributed by atoms with Crippen LogP contribution < -0.4 is 0 Å². The maximum absolute atomic E-state index is 12.6. The molecule has 6 nitrogen and oxygen atoms in total. The van der Waals surface area contributed by atoms with E-state index in [0.29, 0.717) is 13.1 Å². The number of piperidine rings is 1. The largest absolute Gasteiger partial charge is 0.369 e. The molecule has 2 aliphatic heterocycles. The van der Waals surface area contributed by atoms with Crippen molar-refractivity contribution in [2.24, 2.45) is 0 Å². The first-order valence-electron chi connectivity index (χ1n) is 8.77. The Balaban J connectivity index is 1.45. The first kappa shape index (κ1) is 17.2. The summed E-state index contributed by atoms with van der Waals surface area (Å²) in [6, 6.07) is 5.80. The molecule has 0 aliphatic carbocycles. The molecule has 2 aromatic rings. The number of nitrogens with zero attached hydrogens (tertiary/aromatic N) is 3. The molecule has 2 fully saturated rings. The van der Waals surface area contributed by atoms with Crippen LogP contribution in [0.15, 0.2) is 41.4 Å². The third-order valence-corrected chi connectivity index (χ3v) is 5.98. The standard InChI is InChI=1S/C19H21N3O3S/c1-25-17-16(13-2-7-20-8-3-13)22(19(17)24)15-4-9-21(10-5-15)18(23)14-6-11-26-12-14/h2-3,6-8,11-12,15-17H,4-5,9-10H2,1H3/t16-,17+/m0/s1. The summed E-state index contributed by atoms with van der Waals surface area (Å²) in [6.07, 6.45) is 4.64. The first-order valence-corrected chi connectivity index (χ1v) is 9.71. The van der Waals surface area contributed by atoms with E-state index in [1.54, 1.807) is 19.5 Å². The Morgan fingerprint density at radius 1 is 1.23 bits per heavy atom. The Morgan fingerprint density at radius 3 is 2.58 bits per heavy atom. The molecule has 0 N–H and O–H groups in total. The second-order valence-electron chi connectivity index (χ2n) is 6.66. The van der Waals surface area contributed by atoms with Gasteiger partial charge in [0.2, 0.25) is 0 Å². The molecule has 0 radical (unpaired) electrons. The van der Waals surface area contributed by atoms with Gasteiger partial charge in [0.05, 0.1) is 11.6 Å². The molecule has 136 valence electrons. The highest BCUT2D eigenvalue weighted by atomic mass is 32.1. The molecule has 2 atom stereocenters. The number of carbonyl (C=O) groups is 2. The van der Waals surface area contributed by atoms with E-state index in [2.05, 4.69) is 4.98 Å². The highest BCUT2D eigenvalue weighted by Gasteiger charge is 2.51. The van der Waals surface area contributed by atoms with Gasteiger partial charge in [0.15, 0.2) is 6.10 Å². The summed E-state index contributed by atoms with van der Waals surface area (Å²) in [5, 5.41) is 3.80. The van der Waals surface area contributed by atoms with E-state index in [0.717, 1.165) is 24.0 Å². The summed E-state index contributed by atoms with van der Waals surface area (Å²) in [5.74, 6) is 0.122. The topological polar surface area (TPSA) is 62.7 Å². The van der Waals surface area contributed by atoms with E-state index in [1.807, 2.05) is 38.8 Å². The van der Waals surface area contributed by atoms with E-state index in [-0.39, 0.29) is 23.9 Å². The fourth-order valence-corrected chi connectivity index (χ4v) is 4.56. The van der Waals surface area contributed by atoms with Gasteiger partial charge in [-0.05, 0) is 42.0 Å². The van der Waals surface area contributed by atoms with E-state index in [9.17, 15) is 9.59 Å². The molecular weight excluding hydrogens is 350 g/mol. The maximum atomic E-state index is 12.6. The Kier molecular flexibility index (Phi) is 4.74. The van der Waals surface area contributed by atoms with Crippen LogP contribution in [0.4, 0.5) is 0 Å². The van der Waals surface area contributed by atoms with Crippen LogP contribution in [0.5, 0.6) is 0 Å². The third-order valence-electron chi connectivity index (χ3n) is 5.30. The number of β-lactam (4-membered cyclic amide) rings is 1. The Hall–Kier alpha value is -2.25. The minimum atomic E-state index is -0.428. The molecule has 0 saturated carbocycles. The molecule has 0 spiro atoms. The monoisotopic (exact) mass is 371 g/mol. The number of rotatable bonds is 4. The minimum absolute atomic E-state index is 0.0388. The van der Waals surface area contributed by atoms with Crippen molar-refractivity contribution in [2.45, 2.75) is 31.0 Å². The van der Waals surface area contributed by atoms with Gasteiger partial charge in [0.25, 0.3) is 11.8 Å². The summed E-state index contributed by atoms with van der Waals surface area (Å²) in [5.41, 5.74) is 1.80. The lowest BCUT2D eigenvalue weighted by molar-refractivity contribution is -0.178. The summed E-state index contributed by atoms with van der Waals surface area (Å²) in [7, 11) is 1.58. The Bertz CT molecular complexity index is 773. The van der Waals surface area contributed by atoms with Gasteiger partial charge in [0.1, 0.15) is 0 Å². The fourth-order valence-electron chi connectivity index (χ4n) is 3.93. The van der Waals surface area contributed by atoms with Crippen LogP contribution in [0.1, 0.15) is 34.8 Å². The second-order valence-corrected chi connectivity index (χ2v) is 7.44. The van der Waals surface area contributed by atoms with Gasteiger partial charge in [-0.1, -0.05) is 0 Å². The van der Waals surface area contributed by atoms with Crippen LogP contribution in [-0.4, -0.2) is 58.9 Å². The number of hydrogen-bond acceptors (Lipinski definition) is 5. The van der Waals surface area contributed by atoms with Crippen LogP contribution in [-0.2, 0) is 9.53 Å². The normalized spacial score (nSPS) is 23.8. The van der Waals surface area contributed by atoms with Crippen LogP contribution in [0, 0.1) is 0 Å². The Labute approximate surface area is 156 Å². The number of pyridine rings is 1. The molecule has 0 bridgehead atoms. The minimum Gasteiger partial charge on any atom is -0.369 e. The van der Waals surface area contributed by atoms with Crippen molar-refractivity contribution in [1.29, 1.82) is 0 Å². The van der Waals surface area contributed by atoms with E-state index in [1.165, 1.54) is 11.3 Å². The summed E-state index contributed by atoms with van der Waals surface area (Å²) in [4.78, 5) is 33.0. The number of carbonyl (C=O) groups excluding carboxylic acids is 2. The Morgan fingerprint density at radius 2 is 1.96 bits per heavy atom. The van der Waals surface area contributed by atoms with E-state index < -0.39 is 6.10 Å². The predicted octanol–water partition coefficient (Wildman–Crippen LogP) is 2.35. The van der Waals surface area contributed by atoms with Crippen molar-refractivity contribution in [3.05, 3.63) is 52.5 Å². The molecular formula is C19H21N3O3S. The van der Waals surface area contributed by atoms with Gasteiger partial charge in [0, 0.05) is 44.0 Å². The molecule has 2 aliphatic rings. The van der Waals surface area contributed by atoms with Crippen LogP contribution >= 0.6 is 11.3 Å². The van der Waals surface area contributed by atoms with Gasteiger partial charge >= 0.3 is 0 Å². The number of hydrogen-bond donors (Lipinski definition) is 0. The lowest BCUT2D eigenvalue weighted by atomic mass is 9.86. The molecule has 2 aromatic heterocycles. The SMILES string of the molecule is CO[C@H]1C(=O)N(C2CCN(C(=O)c3ccsc3)CC2)[C@H]1c1ccncc1. The summed E-state index contributed by atoms with van der Waals surface area (Å²) in [6.45, 7) is 1.34. The number of methoxy groups -OCH3 is 1. The summed E-state index contributed by atoms with van der Waals surface area (Å²) < 4.78 is 5.42. The van der Waals surface area contributed by atoms with Crippen LogP contribution in [0.3, 0.4) is 0 Å². The highest BCUT2D eigenvalue weighted by Crippen LogP contribution is 2.40. The molecule has 7 heteroatoms. The number of aromatic nitrogens is 1. The number of ether oxygens (including phenoxy) is 1. The zero-order chi connectivity index (χ0) is 18.1. The van der Waals surface area contributed by atoms with Crippen LogP contribution in [0.2, 0.25) is 0 Å². The molecule has 2 saturated heterocycles. The zero-order valence-electron chi connectivity index (χ0n) is 14.6. The van der Waals surface area contributed by atoms with Crippen LogP contribution in [0.25, 0.3) is 0 Å². The first-order chi connectivity index (χ1) is 12.7. The average Bonchev–Trinajstić information content (AvgIpc) is 3.22. The molecule has 4 rings (SSSR count). The van der Waals surface area contributed by atoms with Gasteiger partial charge < -0.3 is 14.5 Å². The smallest absolute Gasteiger partial charge is 0.255 e. The van der Waals surface area contributed by atoms with Gasteiger partial charge in [-0.3, -0.25) is 14.6 Å². The van der Waals surface area contributed by atoms with E-state index >= 15 is 0 Å². The van der Waals surface area contributed by atoms with Crippen molar-refractivity contribution >= 4 is 23.2 Å². The quantitative estimate of drug-likeness (QED) is 0.774. The molecule has 2 amide bonds. The fraction of sp³-hybridized carbons (Fsp3) is 0.421. The number of amides is 2. The number of thiophene rings is 1. The van der Waals surface area contributed by atoms with Crippen molar-refractivity contribution in [3.63, 3.8) is 0 Å². The summed E-state index contributed by atoms with van der Waals surface area (Å²) >= 11 is 1.53. The second kappa shape index (κ2) is 7.17. The van der Waals surface area contributed by atoms with E-state index in [4.69, 9.17) is 4.74 Å².